The van der Waals surface area contributed by atoms with E-state index in [0.717, 1.165) is 10.3 Å². The number of aromatic nitrogens is 3. The first-order valence-electron chi connectivity index (χ1n) is 6.50. The molecule has 2 aromatic rings. The smallest absolute Gasteiger partial charge is 0.229 e. The average molecular weight is 371 g/mol. The quantitative estimate of drug-likeness (QED) is 0.871. The molecule has 114 valence electrons. The van der Waals surface area contributed by atoms with E-state index in [1.54, 1.807) is 11.3 Å². The van der Waals surface area contributed by atoms with Gasteiger partial charge in [0.1, 0.15) is 0 Å². The van der Waals surface area contributed by atoms with Crippen molar-refractivity contribution in [3.05, 3.63) is 26.6 Å². The second-order valence-corrected chi connectivity index (χ2v) is 7.59. The molecule has 1 atom stereocenters. The van der Waals surface area contributed by atoms with Crippen LogP contribution in [0.5, 0.6) is 0 Å². The average Bonchev–Trinajstić information content (AvgIpc) is 2.82. The van der Waals surface area contributed by atoms with Gasteiger partial charge < -0.3 is 10.6 Å². The standard InChI is InChI=1S/C13H19BrN6S/c1-8(20(4)7-9-5-6-10(14)21-9)11-16-12(15)18-13(17-11)19(2)3/h5-6,8H,7H2,1-4H3,(H2,15,16,17,18)/t8-/m1/s1. The van der Waals surface area contributed by atoms with Crippen LogP contribution < -0.4 is 10.6 Å². The van der Waals surface area contributed by atoms with Gasteiger partial charge >= 0.3 is 0 Å². The van der Waals surface area contributed by atoms with Crippen molar-refractivity contribution < 1.29 is 0 Å². The van der Waals surface area contributed by atoms with Crippen molar-refractivity contribution in [1.82, 2.24) is 19.9 Å². The van der Waals surface area contributed by atoms with Crippen LogP contribution in [-0.2, 0) is 6.54 Å². The fourth-order valence-electron chi connectivity index (χ4n) is 1.80. The van der Waals surface area contributed by atoms with E-state index < -0.39 is 0 Å². The minimum absolute atomic E-state index is 0.0508. The predicted octanol–water partition coefficient (Wildman–Crippen LogP) is 2.54. The number of hydrogen-bond acceptors (Lipinski definition) is 7. The van der Waals surface area contributed by atoms with Gasteiger partial charge in [-0.05, 0) is 42.0 Å². The lowest BCUT2D eigenvalue weighted by Crippen LogP contribution is -2.25. The number of rotatable bonds is 5. The molecule has 2 rings (SSSR count). The number of nitrogens with zero attached hydrogens (tertiary/aromatic N) is 5. The van der Waals surface area contributed by atoms with E-state index in [-0.39, 0.29) is 12.0 Å². The summed E-state index contributed by atoms with van der Waals surface area (Å²) in [6.45, 7) is 2.90. The largest absolute Gasteiger partial charge is 0.368 e. The lowest BCUT2D eigenvalue weighted by Gasteiger charge is -2.23. The predicted molar refractivity (Wildman–Crippen MR) is 90.5 cm³/mol. The zero-order valence-corrected chi connectivity index (χ0v) is 14.9. The van der Waals surface area contributed by atoms with Crippen LogP contribution in [0.2, 0.25) is 0 Å². The molecule has 0 aliphatic rings. The molecule has 0 aliphatic heterocycles. The lowest BCUT2D eigenvalue weighted by atomic mass is 10.2. The van der Waals surface area contributed by atoms with Gasteiger partial charge in [-0.3, -0.25) is 4.90 Å². The Bertz CT molecular complexity index is 614. The van der Waals surface area contributed by atoms with Gasteiger partial charge in [-0.15, -0.1) is 11.3 Å². The molecule has 0 aromatic carbocycles. The number of nitrogen functional groups attached to an aromatic ring is 1. The highest BCUT2D eigenvalue weighted by atomic mass is 79.9. The maximum absolute atomic E-state index is 5.78. The molecule has 0 amide bonds. The monoisotopic (exact) mass is 370 g/mol. The first-order chi connectivity index (χ1) is 9.86. The van der Waals surface area contributed by atoms with Gasteiger partial charge in [0.15, 0.2) is 5.82 Å². The first kappa shape index (κ1) is 16.1. The van der Waals surface area contributed by atoms with E-state index >= 15 is 0 Å². The molecule has 2 N–H and O–H groups in total. The van der Waals surface area contributed by atoms with Crippen LogP contribution in [0.1, 0.15) is 23.7 Å². The fraction of sp³-hybridized carbons (Fsp3) is 0.462. The van der Waals surface area contributed by atoms with Gasteiger partial charge in [-0.25, -0.2) is 0 Å². The molecule has 0 radical (unpaired) electrons. The zero-order chi connectivity index (χ0) is 15.6. The summed E-state index contributed by atoms with van der Waals surface area (Å²) in [6.07, 6.45) is 0. The van der Waals surface area contributed by atoms with Gasteiger partial charge in [0.2, 0.25) is 11.9 Å². The summed E-state index contributed by atoms with van der Waals surface area (Å²) in [7, 11) is 5.82. The van der Waals surface area contributed by atoms with Gasteiger partial charge in [0, 0.05) is 25.5 Å². The van der Waals surface area contributed by atoms with Crippen LogP contribution in [0.25, 0.3) is 0 Å². The normalized spacial score (nSPS) is 12.7. The van der Waals surface area contributed by atoms with Crippen molar-refractivity contribution in [2.75, 3.05) is 31.8 Å². The van der Waals surface area contributed by atoms with E-state index in [1.165, 1.54) is 4.88 Å². The second-order valence-electron chi connectivity index (χ2n) is 5.04. The van der Waals surface area contributed by atoms with Crippen molar-refractivity contribution in [2.24, 2.45) is 0 Å². The van der Waals surface area contributed by atoms with Crippen molar-refractivity contribution in [3.63, 3.8) is 0 Å². The SMILES string of the molecule is C[C@H](c1nc(N)nc(N(C)C)n1)N(C)Cc1ccc(Br)s1. The van der Waals surface area contributed by atoms with E-state index in [0.29, 0.717) is 11.8 Å². The van der Waals surface area contributed by atoms with Crippen molar-refractivity contribution in [1.29, 1.82) is 0 Å². The summed E-state index contributed by atoms with van der Waals surface area (Å²) in [5.41, 5.74) is 5.78. The Balaban J connectivity index is 2.16. The van der Waals surface area contributed by atoms with Crippen molar-refractivity contribution in [2.45, 2.75) is 19.5 Å². The topological polar surface area (TPSA) is 71.2 Å². The minimum atomic E-state index is 0.0508. The molecule has 0 spiro atoms. The zero-order valence-electron chi connectivity index (χ0n) is 12.5. The van der Waals surface area contributed by atoms with Gasteiger partial charge in [-0.2, -0.15) is 15.0 Å². The van der Waals surface area contributed by atoms with Crippen molar-refractivity contribution >= 4 is 39.2 Å². The maximum Gasteiger partial charge on any atom is 0.229 e. The summed E-state index contributed by atoms with van der Waals surface area (Å²) in [5.74, 6) is 1.52. The van der Waals surface area contributed by atoms with E-state index in [2.05, 4.69) is 54.8 Å². The number of thiophene rings is 1. The Hall–Kier alpha value is -1.25. The number of hydrogen-bond donors (Lipinski definition) is 1. The van der Waals surface area contributed by atoms with Crippen LogP contribution >= 0.6 is 27.3 Å². The highest BCUT2D eigenvalue weighted by Crippen LogP contribution is 2.26. The molecule has 0 saturated heterocycles. The number of anilines is 2. The Morgan fingerprint density at radius 2 is 1.95 bits per heavy atom. The van der Waals surface area contributed by atoms with Gasteiger partial charge in [0.25, 0.3) is 0 Å². The summed E-state index contributed by atoms with van der Waals surface area (Å²) >= 11 is 5.21. The first-order valence-corrected chi connectivity index (χ1v) is 8.11. The van der Waals surface area contributed by atoms with Crippen molar-refractivity contribution in [3.8, 4) is 0 Å². The molecule has 2 aromatic heterocycles. The lowest BCUT2D eigenvalue weighted by molar-refractivity contribution is 0.246. The third-order valence-electron chi connectivity index (χ3n) is 3.13. The van der Waals surface area contributed by atoms with Crippen LogP contribution in [-0.4, -0.2) is 41.0 Å². The summed E-state index contributed by atoms with van der Waals surface area (Å²) < 4.78 is 1.14. The van der Waals surface area contributed by atoms with Crippen LogP contribution in [0.4, 0.5) is 11.9 Å². The number of halogens is 1. The molecular weight excluding hydrogens is 352 g/mol. The molecule has 0 fully saturated rings. The maximum atomic E-state index is 5.78. The summed E-state index contributed by atoms with van der Waals surface area (Å²) in [4.78, 5) is 18.2. The highest BCUT2D eigenvalue weighted by molar-refractivity contribution is 9.11. The molecule has 21 heavy (non-hydrogen) atoms. The molecular formula is C13H19BrN6S. The summed E-state index contributed by atoms with van der Waals surface area (Å²) in [6, 6.07) is 4.23. The highest BCUT2D eigenvalue weighted by Gasteiger charge is 2.18. The Morgan fingerprint density at radius 3 is 2.52 bits per heavy atom. The fourth-order valence-corrected chi connectivity index (χ4v) is 3.35. The van der Waals surface area contributed by atoms with E-state index in [4.69, 9.17) is 5.73 Å². The Morgan fingerprint density at radius 1 is 1.24 bits per heavy atom. The molecule has 0 bridgehead atoms. The van der Waals surface area contributed by atoms with E-state index in [9.17, 15) is 0 Å². The third-order valence-corrected chi connectivity index (χ3v) is 4.74. The summed E-state index contributed by atoms with van der Waals surface area (Å²) in [5, 5.41) is 0. The van der Waals surface area contributed by atoms with Crippen LogP contribution in [0.15, 0.2) is 15.9 Å². The van der Waals surface area contributed by atoms with E-state index in [1.807, 2.05) is 26.0 Å². The van der Waals surface area contributed by atoms with Crippen LogP contribution in [0.3, 0.4) is 0 Å². The molecule has 0 aliphatic carbocycles. The molecule has 8 heteroatoms. The molecule has 6 nitrogen and oxygen atoms in total. The molecule has 0 saturated carbocycles. The minimum Gasteiger partial charge on any atom is -0.368 e. The molecule has 0 unspecified atom stereocenters. The molecule has 2 heterocycles. The number of nitrogens with two attached hydrogens (primary N) is 1. The Labute approximate surface area is 137 Å². The third kappa shape index (κ3) is 4.12. The van der Waals surface area contributed by atoms with Gasteiger partial charge in [0.05, 0.1) is 9.83 Å². The second kappa shape index (κ2) is 6.67. The Kier molecular flexibility index (Phi) is 5.13. The van der Waals surface area contributed by atoms with Gasteiger partial charge in [-0.1, -0.05) is 0 Å². The van der Waals surface area contributed by atoms with Crippen LogP contribution in [0, 0.1) is 0 Å².